The van der Waals surface area contributed by atoms with Crippen molar-refractivity contribution in [3.63, 3.8) is 0 Å². The molecule has 21 heavy (non-hydrogen) atoms. The Morgan fingerprint density at radius 1 is 1.24 bits per heavy atom. The minimum atomic E-state index is -0.645. The molecule has 0 aliphatic carbocycles. The molecular formula is C15H12FNO4. The summed E-state index contributed by atoms with van der Waals surface area (Å²) in [6.07, 6.45) is 0. The van der Waals surface area contributed by atoms with Gasteiger partial charge < -0.3 is 4.74 Å². The summed E-state index contributed by atoms with van der Waals surface area (Å²) in [5, 5.41) is 10.8. The highest BCUT2D eigenvalue weighted by molar-refractivity contribution is 5.98. The summed E-state index contributed by atoms with van der Waals surface area (Å²) in [5.74, 6) is -0.853. The molecule has 0 unspecified atom stereocenters. The first-order chi connectivity index (χ1) is 9.88. The monoisotopic (exact) mass is 289 g/mol. The zero-order valence-electron chi connectivity index (χ0n) is 11.4. The van der Waals surface area contributed by atoms with Gasteiger partial charge in [-0.1, -0.05) is 6.07 Å². The lowest BCUT2D eigenvalue weighted by Gasteiger charge is -2.08. The maximum atomic E-state index is 13.6. The van der Waals surface area contributed by atoms with Gasteiger partial charge in [-0.25, -0.2) is 4.39 Å². The van der Waals surface area contributed by atoms with E-state index < -0.39 is 16.5 Å². The van der Waals surface area contributed by atoms with Crippen molar-refractivity contribution in [1.82, 2.24) is 0 Å². The van der Waals surface area contributed by atoms with Crippen LogP contribution in [0.25, 0.3) is 0 Å². The third-order valence-electron chi connectivity index (χ3n) is 2.86. The molecule has 0 atom stereocenters. The van der Waals surface area contributed by atoms with Gasteiger partial charge in [0.1, 0.15) is 5.75 Å². The van der Waals surface area contributed by atoms with Crippen molar-refractivity contribution in [2.24, 2.45) is 0 Å². The van der Waals surface area contributed by atoms with Gasteiger partial charge in [0.05, 0.1) is 10.5 Å². The van der Waals surface area contributed by atoms with Crippen LogP contribution >= 0.6 is 0 Å². The summed E-state index contributed by atoms with van der Waals surface area (Å²) in [7, 11) is 0. The Bertz CT molecular complexity index is 728. The number of hydrogen-bond donors (Lipinski definition) is 0. The lowest BCUT2D eigenvalue weighted by molar-refractivity contribution is -0.385. The summed E-state index contributed by atoms with van der Waals surface area (Å²) in [6.45, 7) is 3.00. The number of rotatable bonds is 4. The van der Waals surface area contributed by atoms with E-state index in [1.807, 2.05) is 0 Å². The standard InChI is InChI=1S/C15H12FNO4/c1-9-3-5-13(16)15(7-9)21-11-4-6-14(17(19)20)12(8-11)10(2)18/h3-8H,1-2H3. The Hall–Kier alpha value is -2.76. The molecule has 0 aliphatic rings. The van der Waals surface area contributed by atoms with Crippen LogP contribution in [0.15, 0.2) is 36.4 Å². The molecule has 0 radical (unpaired) electrons. The van der Waals surface area contributed by atoms with Gasteiger partial charge in [0.15, 0.2) is 17.3 Å². The van der Waals surface area contributed by atoms with E-state index in [1.54, 1.807) is 13.0 Å². The highest BCUT2D eigenvalue weighted by Gasteiger charge is 2.18. The maximum absolute atomic E-state index is 13.6. The van der Waals surface area contributed by atoms with Crippen LogP contribution in [0.5, 0.6) is 11.5 Å². The van der Waals surface area contributed by atoms with E-state index in [-0.39, 0.29) is 22.7 Å². The second-order valence-electron chi connectivity index (χ2n) is 4.53. The molecule has 0 bridgehead atoms. The van der Waals surface area contributed by atoms with Crippen LogP contribution in [0.4, 0.5) is 10.1 Å². The molecule has 0 amide bonds. The van der Waals surface area contributed by atoms with E-state index in [2.05, 4.69) is 0 Å². The van der Waals surface area contributed by atoms with Crippen LogP contribution in [0.2, 0.25) is 0 Å². The van der Waals surface area contributed by atoms with E-state index >= 15 is 0 Å². The summed E-state index contributed by atoms with van der Waals surface area (Å²) in [6, 6.07) is 8.10. The first kappa shape index (κ1) is 14.6. The van der Waals surface area contributed by atoms with Crippen molar-refractivity contribution >= 4 is 11.5 Å². The first-order valence-corrected chi connectivity index (χ1v) is 6.12. The van der Waals surface area contributed by atoms with Crippen molar-refractivity contribution in [3.8, 4) is 11.5 Å². The van der Waals surface area contributed by atoms with Gasteiger partial charge in [0.25, 0.3) is 5.69 Å². The number of halogens is 1. The molecule has 0 saturated heterocycles. The van der Waals surface area contributed by atoms with Crippen LogP contribution in [-0.4, -0.2) is 10.7 Å². The van der Waals surface area contributed by atoms with Crippen molar-refractivity contribution in [3.05, 3.63) is 63.5 Å². The van der Waals surface area contributed by atoms with Gasteiger partial charge in [0, 0.05) is 6.07 Å². The number of hydrogen-bond acceptors (Lipinski definition) is 4. The van der Waals surface area contributed by atoms with E-state index in [0.717, 1.165) is 5.56 Å². The Balaban J connectivity index is 2.41. The molecule has 5 nitrogen and oxygen atoms in total. The van der Waals surface area contributed by atoms with Gasteiger partial charge >= 0.3 is 0 Å². The van der Waals surface area contributed by atoms with Crippen LogP contribution in [0, 0.1) is 22.9 Å². The number of nitrogens with zero attached hydrogens (tertiary/aromatic N) is 1. The number of carbonyl (C=O) groups excluding carboxylic acids is 1. The Morgan fingerprint density at radius 3 is 2.57 bits per heavy atom. The number of ketones is 1. The molecule has 2 aromatic carbocycles. The van der Waals surface area contributed by atoms with Gasteiger partial charge in [-0.3, -0.25) is 14.9 Å². The van der Waals surface area contributed by atoms with E-state index in [9.17, 15) is 19.3 Å². The lowest BCUT2D eigenvalue weighted by atomic mass is 10.1. The SMILES string of the molecule is CC(=O)c1cc(Oc2cc(C)ccc2F)ccc1[N+](=O)[O-]. The quantitative estimate of drug-likeness (QED) is 0.484. The molecule has 2 aromatic rings. The zero-order valence-corrected chi connectivity index (χ0v) is 11.4. The number of aryl methyl sites for hydroxylation is 1. The minimum Gasteiger partial charge on any atom is -0.454 e. The molecule has 6 heteroatoms. The summed E-state index contributed by atoms with van der Waals surface area (Å²) >= 11 is 0. The molecule has 0 fully saturated rings. The first-order valence-electron chi connectivity index (χ1n) is 6.12. The normalized spacial score (nSPS) is 10.2. The number of nitro benzene ring substituents is 1. The Labute approximate surface area is 120 Å². The Morgan fingerprint density at radius 2 is 1.95 bits per heavy atom. The second-order valence-corrected chi connectivity index (χ2v) is 4.53. The molecule has 108 valence electrons. The molecule has 0 aromatic heterocycles. The minimum absolute atomic E-state index is 0.00152. The van der Waals surface area contributed by atoms with E-state index in [0.29, 0.717) is 0 Å². The molecular weight excluding hydrogens is 277 g/mol. The molecule has 2 rings (SSSR count). The van der Waals surface area contributed by atoms with E-state index in [1.165, 1.54) is 37.3 Å². The average molecular weight is 289 g/mol. The van der Waals surface area contributed by atoms with Crippen LogP contribution in [-0.2, 0) is 0 Å². The number of benzene rings is 2. The second kappa shape index (κ2) is 5.70. The fraction of sp³-hybridized carbons (Fsp3) is 0.133. The van der Waals surface area contributed by atoms with Gasteiger partial charge in [0.2, 0.25) is 0 Å². The number of Topliss-reactive ketones (excluding diaryl/α,β-unsaturated/α-hetero) is 1. The van der Waals surface area contributed by atoms with Crippen molar-refractivity contribution < 1.29 is 18.8 Å². The lowest BCUT2D eigenvalue weighted by Crippen LogP contribution is -2.00. The van der Waals surface area contributed by atoms with Crippen LogP contribution < -0.4 is 4.74 Å². The predicted molar refractivity (Wildman–Crippen MR) is 74.3 cm³/mol. The zero-order chi connectivity index (χ0) is 15.6. The number of carbonyl (C=O) groups is 1. The van der Waals surface area contributed by atoms with Crippen molar-refractivity contribution in [2.45, 2.75) is 13.8 Å². The third kappa shape index (κ3) is 3.22. The van der Waals surface area contributed by atoms with Gasteiger partial charge in [-0.05, 0) is 43.7 Å². The largest absolute Gasteiger partial charge is 0.454 e. The molecule has 0 aliphatic heterocycles. The predicted octanol–water partition coefficient (Wildman–Crippen LogP) is 4.04. The Kier molecular flexibility index (Phi) is 3.98. The summed E-state index contributed by atoms with van der Waals surface area (Å²) in [4.78, 5) is 21.7. The molecule has 0 spiro atoms. The topological polar surface area (TPSA) is 69.4 Å². The third-order valence-corrected chi connectivity index (χ3v) is 2.86. The van der Waals surface area contributed by atoms with E-state index in [4.69, 9.17) is 4.74 Å². The highest BCUT2D eigenvalue weighted by atomic mass is 19.1. The highest BCUT2D eigenvalue weighted by Crippen LogP contribution is 2.29. The summed E-state index contributed by atoms with van der Waals surface area (Å²) in [5.41, 5.74) is 0.422. The molecule has 0 heterocycles. The average Bonchev–Trinajstić information content (AvgIpc) is 2.42. The van der Waals surface area contributed by atoms with Gasteiger partial charge in [-0.15, -0.1) is 0 Å². The number of ether oxygens (including phenoxy) is 1. The fourth-order valence-electron chi connectivity index (χ4n) is 1.84. The van der Waals surface area contributed by atoms with Gasteiger partial charge in [-0.2, -0.15) is 0 Å². The molecule has 0 saturated carbocycles. The van der Waals surface area contributed by atoms with Crippen molar-refractivity contribution in [1.29, 1.82) is 0 Å². The molecule has 0 N–H and O–H groups in total. The van der Waals surface area contributed by atoms with Crippen LogP contribution in [0.3, 0.4) is 0 Å². The van der Waals surface area contributed by atoms with Crippen LogP contribution in [0.1, 0.15) is 22.8 Å². The summed E-state index contributed by atoms with van der Waals surface area (Å²) < 4.78 is 19.0. The van der Waals surface area contributed by atoms with Crippen molar-refractivity contribution in [2.75, 3.05) is 0 Å². The number of nitro groups is 1. The maximum Gasteiger partial charge on any atom is 0.280 e. The smallest absolute Gasteiger partial charge is 0.280 e. The fourth-order valence-corrected chi connectivity index (χ4v) is 1.84.